The Bertz CT molecular complexity index is 725. The molecule has 4 nitrogen and oxygen atoms in total. The third-order valence-corrected chi connectivity index (χ3v) is 6.08. The van der Waals surface area contributed by atoms with Gasteiger partial charge in [0.05, 0.1) is 5.56 Å². The fourth-order valence-corrected chi connectivity index (χ4v) is 3.71. The molecule has 3 rings (SSSR count). The van der Waals surface area contributed by atoms with Crippen molar-refractivity contribution in [2.24, 2.45) is 0 Å². The Morgan fingerprint density at radius 3 is 2.78 bits per heavy atom. The second kappa shape index (κ2) is 6.27. The lowest BCUT2D eigenvalue weighted by molar-refractivity contribution is 0.0874. The smallest absolute Gasteiger partial charge is 0.143 e. The van der Waals surface area contributed by atoms with Crippen molar-refractivity contribution in [3.8, 4) is 17.5 Å². The highest BCUT2D eigenvalue weighted by molar-refractivity contribution is 6.76. The zero-order valence-electron chi connectivity index (χ0n) is 13.9. The maximum Gasteiger partial charge on any atom is 0.143 e. The second-order valence-corrected chi connectivity index (χ2v) is 13.5. The number of fused-ring (bicyclic) bond motifs is 1. The van der Waals surface area contributed by atoms with Crippen LogP contribution in [0.5, 0.6) is 0 Å². The Kier molecular flexibility index (Phi) is 4.50. The molecule has 0 N–H and O–H groups in total. The van der Waals surface area contributed by atoms with Crippen LogP contribution in [0.15, 0.2) is 12.3 Å². The average molecular weight is 348 g/mol. The van der Waals surface area contributed by atoms with Gasteiger partial charge in [0.2, 0.25) is 0 Å². The average Bonchev–Trinajstić information content (AvgIpc) is 3.22. The highest BCUT2D eigenvalue weighted by atomic mass is 35.5. The minimum absolute atomic E-state index is 0.411. The number of pyridine rings is 1. The lowest BCUT2D eigenvalue weighted by Gasteiger charge is -2.19. The molecule has 3 aliphatic rings. The molecule has 0 aromatic rings. The molecule has 23 heavy (non-hydrogen) atoms. The monoisotopic (exact) mass is 347 g/mol. The molecule has 1 saturated carbocycles. The van der Waals surface area contributed by atoms with E-state index >= 15 is 0 Å². The van der Waals surface area contributed by atoms with Crippen LogP contribution < -0.4 is 0 Å². The second-order valence-electron chi connectivity index (χ2n) is 7.48. The predicted molar refractivity (Wildman–Crippen MR) is 94.7 cm³/mol. The van der Waals surface area contributed by atoms with Crippen molar-refractivity contribution in [2.45, 2.75) is 51.2 Å². The van der Waals surface area contributed by atoms with E-state index in [9.17, 15) is 5.26 Å². The van der Waals surface area contributed by atoms with Crippen molar-refractivity contribution in [2.75, 3.05) is 6.61 Å². The van der Waals surface area contributed by atoms with Crippen LogP contribution >= 0.6 is 11.6 Å². The molecule has 0 saturated heterocycles. The molecule has 0 aromatic heterocycles. The van der Waals surface area contributed by atoms with Crippen molar-refractivity contribution < 1.29 is 4.74 Å². The van der Waals surface area contributed by atoms with Crippen LogP contribution in [0.1, 0.15) is 29.9 Å². The summed E-state index contributed by atoms with van der Waals surface area (Å²) < 4.78 is 7.75. The third-order valence-electron chi connectivity index (χ3n) is 4.19. The summed E-state index contributed by atoms with van der Waals surface area (Å²) in [6, 6.07) is 5.33. The summed E-state index contributed by atoms with van der Waals surface area (Å²) in [6.07, 6.45) is 4.15. The van der Waals surface area contributed by atoms with E-state index < -0.39 is 8.07 Å². The van der Waals surface area contributed by atoms with Gasteiger partial charge in [0.15, 0.2) is 0 Å². The van der Waals surface area contributed by atoms with E-state index in [-0.39, 0.29) is 0 Å². The molecular formula is C17H22ClN3OSi. The Morgan fingerprint density at radius 2 is 2.17 bits per heavy atom. The molecule has 1 aliphatic carbocycles. The van der Waals surface area contributed by atoms with Crippen LogP contribution in [0, 0.1) is 11.3 Å². The summed E-state index contributed by atoms with van der Waals surface area (Å²) >= 11 is 6.13. The summed E-state index contributed by atoms with van der Waals surface area (Å²) in [5, 5.41) is 9.99. The number of hydrogen-bond acceptors (Lipinski definition) is 3. The van der Waals surface area contributed by atoms with Crippen LogP contribution in [0.4, 0.5) is 0 Å². The number of hydrogen-bond donors (Lipinski definition) is 0. The summed E-state index contributed by atoms with van der Waals surface area (Å²) in [6.45, 7) is 8.15. The summed E-state index contributed by atoms with van der Waals surface area (Å²) in [5.74, 6) is 1.30. The minimum atomic E-state index is -1.10. The standard InChI is InChI=1S/C17H22ClN3OSi/c1-23(2,3)7-6-22-11-21-10-13(9-19)16(12-4-5-12)14-8-15(18)20-17(14)21/h8,10,12H,4-7,11H2,1-3H3. The first kappa shape index (κ1) is 16.5. The summed E-state index contributed by atoms with van der Waals surface area (Å²) in [7, 11) is -1.10. The van der Waals surface area contributed by atoms with E-state index in [4.69, 9.17) is 16.3 Å². The lowest BCUT2D eigenvalue weighted by Crippen LogP contribution is -2.22. The number of nitrogens with zero attached hydrogens (tertiary/aromatic N) is 3. The molecule has 0 aromatic carbocycles. The molecule has 0 radical (unpaired) electrons. The van der Waals surface area contributed by atoms with Gasteiger partial charge in [-0.2, -0.15) is 5.26 Å². The highest BCUT2D eigenvalue weighted by Crippen LogP contribution is 2.47. The van der Waals surface area contributed by atoms with Gasteiger partial charge in [0.25, 0.3) is 0 Å². The quantitative estimate of drug-likeness (QED) is 0.562. The van der Waals surface area contributed by atoms with Gasteiger partial charge < -0.3 is 9.30 Å². The molecule has 0 atom stereocenters. The van der Waals surface area contributed by atoms with E-state index in [1.807, 2.05) is 16.8 Å². The van der Waals surface area contributed by atoms with E-state index in [0.29, 0.717) is 17.8 Å². The fraction of sp³-hybridized carbons (Fsp3) is 0.529. The Morgan fingerprint density at radius 1 is 1.43 bits per heavy atom. The SMILES string of the molecule is C[Si](C)(C)CCOCn1cc(C#N)c(C2CC2)c2cc(Cl)nc1-2. The Hall–Kier alpha value is -1.35. The van der Waals surface area contributed by atoms with Crippen molar-refractivity contribution in [1.82, 2.24) is 9.55 Å². The van der Waals surface area contributed by atoms with Crippen LogP contribution in [-0.2, 0) is 11.5 Å². The number of aromatic nitrogens is 2. The molecule has 2 heterocycles. The lowest BCUT2D eigenvalue weighted by atomic mass is 9.99. The molecule has 122 valence electrons. The highest BCUT2D eigenvalue weighted by Gasteiger charge is 2.32. The molecule has 1 fully saturated rings. The first-order valence-electron chi connectivity index (χ1n) is 8.06. The maximum atomic E-state index is 9.51. The number of rotatable bonds is 6. The molecular weight excluding hydrogens is 326 g/mol. The number of halogens is 1. The normalized spacial score (nSPS) is 15.1. The zero-order chi connectivity index (χ0) is 16.6. The largest absolute Gasteiger partial charge is 0.361 e. The van der Waals surface area contributed by atoms with E-state index in [1.165, 1.54) is 0 Å². The van der Waals surface area contributed by atoms with E-state index in [1.54, 1.807) is 0 Å². The first-order chi connectivity index (χ1) is 10.9. The molecule has 0 bridgehead atoms. The molecule has 0 unspecified atom stereocenters. The van der Waals surface area contributed by atoms with E-state index in [0.717, 1.165) is 48.0 Å². The van der Waals surface area contributed by atoms with Crippen molar-refractivity contribution in [3.05, 3.63) is 28.5 Å². The molecule has 2 aliphatic heterocycles. The van der Waals surface area contributed by atoms with Gasteiger partial charge in [-0.15, -0.1) is 0 Å². The third kappa shape index (κ3) is 3.77. The van der Waals surface area contributed by atoms with Gasteiger partial charge in [0, 0.05) is 26.4 Å². The number of ether oxygens (including phenoxy) is 1. The minimum Gasteiger partial charge on any atom is -0.361 e. The van der Waals surface area contributed by atoms with Gasteiger partial charge in [0.1, 0.15) is 23.8 Å². The van der Waals surface area contributed by atoms with Crippen LogP contribution in [0.2, 0.25) is 30.8 Å². The molecule has 0 spiro atoms. The van der Waals surface area contributed by atoms with Crippen molar-refractivity contribution in [1.29, 1.82) is 5.26 Å². The van der Waals surface area contributed by atoms with Gasteiger partial charge in [-0.25, -0.2) is 4.98 Å². The van der Waals surface area contributed by atoms with Crippen LogP contribution in [0.25, 0.3) is 11.4 Å². The van der Waals surface area contributed by atoms with Gasteiger partial charge in [-0.3, -0.25) is 0 Å². The van der Waals surface area contributed by atoms with Crippen molar-refractivity contribution in [3.63, 3.8) is 0 Å². The maximum absolute atomic E-state index is 9.51. The predicted octanol–water partition coefficient (Wildman–Crippen LogP) is 4.70. The van der Waals surface area contributed by atoms with Gasteiger partial charge in [-0.05, 0) is 36.4 Å². The first-order valence-corrected chi connectivity index (χ1v) is 12.1. The van der Waals surface area contributed by atoms with Crippen LogP contribution in [0.3, 0.4) is 0 Å². The Balaban J connectivity index is 1.86. The molecule has 0 amide bonds. The van der Waals surface area contributed by atoms with E-state index in [2.05, 4.69) is 30.7 Å². The van der Waals surface area contributed by atoms with Crippen molar-refractivity contribution >= 4 is 19.7 Å². The number of nitriles is 1. The Labute approximate surface area is 143 Å². The fourth-order valence-electron chi connectivity index (χ4n) is 2.77. The summed E-state index contributed by atoms with van der Waals surface area (Å²) in [5.41, 5.74) is 2.84. The summed E-state index contributed by atoms with van der Waals surface area (Å²) in [4.78, 5) is 4.43. The van der Waals surface area contributed by atoms with Crippen LogP contribution in [-0.4, -0.2) is 24.2 Å². The zero-order valence-corrected chi connectivity index (χ0v) is 15.7. The van der Waals surface area contributed by atoms with Gasteiger partial charge in [-0.1, -0.05) is 31.2 Å². The van der Waals surface area contributed by atoms with Gasteiger partial charge >= 0.3 is 0 Å². The molecule has 6 heteroatoms. The topological polar surface area (TPSA) is 50.8 Å².